The average molecular weight is 321 g/mol. The van der Waals surface area contributed by atoms with Crippen LogP contribution >= 0.6 is 0 Å². The normalized spacial score (nSPS) is 22.4. The quantitative estimate of drug-likeness (QED) is 0.735. The van der Waals surface area contributed by atoms with Crippen molar-refractivity contribution in [3.63, 3.8) is 0 Å². The molecule has 0 aliphatic carbocycles. The smallest absolute Gasteiger partial charge is 0.223 e. The summed E-state index contributed by atoms with van der Waals surface area (Å²) in [5, 5.41) is 13.3. The van der Waals surface area contributed by atoms with E-state index in [1.807, 2.05) is 19.1 Å². The number of hydrogen-bond acceptors (Lipinski definition) is 3. The van der Waals surface area contributed by atoms with Gasteiger partial charge in [0, 0.05) is 24.8 Å². The number of quaternary nitrogens is 1. The topological polar surface area (TPSA) is 63.0 Å². The van der Waals surface area contributed by atoms with Gasteiger partial charge in [0.15, 0.2) is 11.5 Å². The van der Waals surface area contributed by atoms with Crippen LogP contribution in [0.2, 0.25) is 0 Å². The van der Waals surface area contributed by atoms with Crippen molar-refractivity contribution in [2.75, 3.05) is 20.2 Å². The van der Waals surface area contributed by atoms with Crippen molar-refractivity contribution >= 4 is 5.91 Å². The Kier molecular flexibility index (Phi) is 6.28. The van der Waals surface area contributed by atoms with Crippen molar-refractivity contribution in [2.24, 2.45) is 5.92 Å². The molecule has 1 aliphatic heterocycles. The summed E-state index contributed by atoms with van der Waals surface area (Å²) in [6, 6.07) is 5.85. The fourth-order valence-electron chi connectivity index (χ4n) is 3.07. The fraction of sp³-hybridized carbons (Fsp3) is 0.611. The van der Waals surface area contributed by atoms with Crippen LogP contribution < -0.4 is 15.0 Å². The number of piperidine rings is 1. The van der Waals surface area contributed by atoms with Crippen molar-refractivity contribution in [2.45, 2.75) is 45.7 Å². The minimum atomic E-state index is 0.131. The van der Waals surface area contributed by atoms with Crippen molar-refractivity contribution < 1.29 is 19.5 Å². The van der Waals surface area contributed by atoms with E-state index in [4.69, 9.17) is 4.74 Å². The summed E-state index contributed by atoms with van der Waals surface area (Å²) in [7, 11) is 1.56. The van der Waals surface area contributed by atoms with E-state index in [2.05, 4.69) is 12.2 Å². The van der Waals surface area contributed by atoms with Gasteiger partial charge in [-0.1, -0.05) is 13.0 Å². The molecule has 2 rings (SSSR count). The second kappa shape index (κ2) is 8.20. The molecule has 0 saturated carbocycles. The summed E-state index contributed by atoms with van der Waals surface area (Å²) >= 11 is 0. The molecule has 23 heavy (non-hydrogen) atoms. The first-order valence-corrected chi connectivity index (χ1v) is 8.53. The highest BCUT2D eigenvalue weighted by Crippen LogP contribution is 2.28. The Morgan fingerprint density at radius 3 is 2.74 bits per heavy atom. The van der Waals surface area contributed by atoms with E-state index >= 15 is 0 Å². The molecule has 5 heteroatoms. The van der Waals surface area contributed by atoms with E-state index in [0.29, 0.717) is 5.75 Å². The standard InChI is InChI=1S/C18H28N2O3/c1-4-13(2)19-18(22)14-8-10-20(11-9-14)12-15-6-5-7-16(23-3)17(15)21/h5-7,13-14,21H,4,8-12H2,1-3H3,(H,19,22)/p+1/t13-/m0/s1. The zero-order valence-electron chi connectivity index (χ0n) is 14.4. The lowest BCUT2D eigenvalue weighted by molar-refractivity contribution is -0.919. The molecule has 1 aromatic rings. The molecular weight excluding hydrogens is 292 g/mol. The third-order valence-corrected chi connectivity index (χ3v) is 4.81. The highest BCUT2D eigenvalue weighted by Gasteiger charge is 2.28. The lowest BCUT2D eigenvalue weighted by atomic mass is 9.95. The fourth-order valence-corrected chi connectivity index (χ4v) is 3.07. The number of hydrogen-bond donors (Lipinski definition) is 3. The molecule has 1 amide bonds. The monoisotopic (exact) mass is 321 g/mol. The molecule has 0 aromatic heterocycles. The molecule has 0 spiro atoms. The van der Waals surface area contributed by atoms with Crippen molar-refractivity contribution in [1.29, 1.82) is 0 Å². The van der Waals surface area contributed by atoms with Gasteiger partial charge in [0.25, 0.3) is 0 Å². The molecule has 1 fully saturated rings. The molecule has 5 nitrogen and oxygen atoms in total. The summed E-state index contributed by atoms with van der Waals surface area (Å²) in [6.45, 7) is 6.80. The highest BCUT2D eigenvalue weighted by atomic mass is 16.5. The Bertz CT molecular complexity index is 525. The first-order chi connectivity index (χ1) is 11.0. The molecule has 128 valence electrons. The van der Waals surface area contributed by atoms with Gasteiger partial charge in [-0.15, -0.1) is 0 Å². The minimum Gasteiger partial charge on any atom is -0.504 e. The number of methoxy groups -OCH3 is 1. The SMILES string of the molecule is CC[C@H](C)NC(=O)C1CC[NH+](Cc2cccc(OC)c2O)CC1. The summed E-state index contributed by atoms with van der Waals surface area (Å²) in [5.41, 5.74) is 0.904. The Balaban J connectivity index is 1.87. The number of benzene rings is 1. The summed E-state index contributed by atoms with van der Waals surface area (Å²) < 4.78 is 5.16. The zero-order valence-corrected chi connectivity index (χ0v) is 14.4. The first-order valence-electron chi connectivity index (χ1n) is 8.53. The van der Waals surface area contributed by atoms with E-state index in [1.54, 1.807) is 13.2 Å². The number of carbonyl (C=O) groups excluding carboxylic acids is 1. The maximum absolute atomic E-state index is 12.2. The molecule has 0 bridgehead atoms. The molecule has 3 N–H and O–H groups in total. The Hall–Kier alpha value is -1.75. The predicted octanol–water partition coefficient (Wildman–Crippen LogP) is 1.11. The van der Waals surface area contributed by atoms with Gasteiger partial charge >= 0.3 is 0 Å². The largest absolute Gasteiger partial charge is 0.504 e. The number of phenolic OH excluding ortho intramolecular Hbond substituents is 1. The van der Waals surface area contributed by atoms with Gasteiger partial charge < -0.3 is 20.1 Å². The number of ether oxygens (including phenoxy) is 1. The predicted molar refractivity (Wildman–Crippen MR) is 89.7 cm³/mol. The Morgan fingerprint density at radius 2 is 2.13 bits per heavy atom. The Morgan fingerprint density at radius 1 is 1.43 bits per heavy atom. The lowest BCUT2D eigenvalue weighted by Gasteiger charge is -2.29. The highest BCUT2D eigenvalue weighted by molar-refractivity contribution is 5.78. The molecule has 0 radical (unpaired) electrons. The summed E-state index contributed by atoms with van der Waals surface area (Å²) in [6.07, 6.45) is 2.77. The van der Waals surface area contributed by atoms with Gasteiger partial charge in [-0.25, -0.2) is 0 Å². The molecule has 1 saturated heterocycles. The van der Waals surface area contributed by atoms with Crippen molar-refractivity contribution in [1.82, 2.24) is 5.32 Å². The van der Waals surface area contributed by atoms with E-state index < -0.39 is 0 Å². The van der Waals surface area contributed by atoms with Crippen LogP contribution in [0.15, 0.2) is 18.2 Å². The molecule has 1 atom stereocenters. The summed E-state index contributed by atoms with van der Waals surface area (Å²) in [4.78, 5) is 13.6. The van der Waals surface area contributed by atoms with Crippen LogP contribution in [0.25, 0.3) is 0 Å². The van der Waals surface area contributed by atoms with Crippen LogP contribution in [0.4, 0.5) is 0 Å². The van der Waals surface area contributed by atoms with Gasteiger partial charge in [-0.05, 0) is 25.5 Å². The number of amides is 1. The maximum Gasteiger partial charge on any atom is 0.223 e. The van der Waals surface area contributed by atoms with E-state index in [-0.39, 0.29) is 23.6 Å². The lowest BCUT2D eigenvalue weighted by Crippen LogP contribution is -3.11. The van der Waals surface area contributed by atoms with Crippen LogP contribution in [-0.2, 0) is 11.3 Å². The number of aromatic hydroxyl groups is 1. The summed E-state index contributed by atoms with van der Waals surface area (Å²) in [5.74, 6) is 1.08. The van der Waals surface area contributed by atoms with E-state index in [0.717, 1.165) is 44.5 Å². The van der Waals surface area contributed by atoms with Crippen LogP contribution in [-0.4, -0.2) is 37.3 Å². The Labute approximate surface area is 138 Å². The molecule has 0 unspecified atom stereocenters. The van der Waals surface area contributed by atoms with Gasteiger partial charge in [0.05, 0.1) is 25.8 Å². The molecule has 1 heterocycles. The third kappa shape index (κ3) is 4.61. The first kappa shape index (κ1) is 17.6. The number of para-hydroxylation sites is 1. The number of rotatable bonds is 6. The second-order valence-electron chi connectivity index (χ2n) is 6.49. The van der Waals surface area contributed by atoms with Crippen molar-refractivity contribution in [3.05, 3.63) is 23.8 Å². The third-order valence-electron chi connectivity index (χ3n) is 4.81. The number of nitrogens with one attached hydrogen (secondary N) is 2. The number of phenols is 1. The van der Waals surface area contributed by atoms with Gasteiger partial charge in [-0.2, -0.15) is 0 Å². The van der Waals surface area contributed by atoms with Crippen molar-refractivity contribution in [3.8, 4) is 11.5 Å². The van der Waals surface area contributed by atoms with Gasteiger partial charge in [-0.3, -0.25) is 4.79 Å². The van der Waals surface area contributed by atoms with Crippen LogP contribution in [0.3, 0.4) is 0 Å². The van der Waals surface area contributed by atoms with Crippen LogP contribution in [0.1, 0.15) is 38.7 Å². The maximum atomic E-state index is 12.2. The minimum absolute atomic E-state index is 0.131. The van der Waals surface area contributed by atoms with E-state index in [9.17, 15) is 9.90 Å². The van der Waals surface area contributed by atoms with Gasteiger partial charge in [0.2, 0.25) is 5.91 Å². The molecule has 1 aliphatic rings. The van der Waals surface area contributed by atoms with E-state index in [1.165, 1.54) is 4.90 Å². The number of likely N-dealkylation sites (tertiary alicyclic amines) is 1. The van der Waals surface area contributed by atoms with Gasteiger partial charge in [0.1, 0.15) is 6.54 Å². The average Bonchev–Trinajstić information content (AvgIpc) is 2.57. The number of carbonyl (C=O) groups is 1. The molecule has 1 aromatic carbocycles. The van der Waals surface area contributed by atoms with Crippen LogP contribution in [0.5, 0.6) is 11.5 Å². The second-order valence-corrected chi connectivity index (χ2v) is 6.49. The van der Waals surface area contributed by atoms with Crippen LogP contribution in [0, 0.1) is 5.92 Å². The molecular formula is C18H29N2O3+. The zero-order chi connectivity index (χ0) is 16.8.